The molecular weight excluding hydrogens is 160 g/mol. The molecule has 0 spiro atoms. The molecule has 0 aliphatic rings. The zero-order valence-electron chi connectivity index (χ0n) is 7.71. The van der Waals surface area contributed by atoms with Gasteiger partial charge in [-0.25, -0.2) is 0 Å². The van der Waals surface area contributed by atoms with Gasteiger partial charge in [0.25, 0.3) is 0 Å². The third-order valence-corrected chi connectivity index (χ3v) is 1.40. The first kappa shape index (κ1) is 9.41. The van der Waals surface area contributed by atoms with Gasteiger partial charge >= 0.3 is 0 Å². The minimum Gasteiger partial charge on any atom is -0.449 e. The maximum atomic E-state index is 5.35. The number of ether oxygens (including phenoxy) is 1. The molecule has 1 aromatic rings. The van der Waals surface area contributed by atoms with Crippen LogP contribution < -0.4 is 4.74 Å². The molecule has 1 nitrogen and oxygen atoms in total. The third kappa shape index (κ3) is 3.48. The second-order valence-electron chi connectivity index (χ2n) is 2.54. The lowest BCUT2D eigenvalue weighted by Crippen LogP contribution is -1.88. The molecule has 0 heterocycles. The Bertz CT molecular complexity index is 285. The summed E-state index contributed by atoms with van der Waals surface area (Å²) in [6.45, 7) is 5.81. The monoisotopic (exact) mass is 172 g/mol. The smallest absolute Gasteiger partial charge is 0.177 e. The Kier molecular flexibility index (Phi) is 3.66. The summed E-state index contributed by atoms with van der Waals surface area (Å²) in [5.41, 5.74) is 0. The molecule has 0 radical (unpaired) electrons. The first-order valence-corrected chi connectivity index (χ1v) is 4.24. The maximum Gasteiger partial charge on any atom is 0.177 e. The fraction of sp³-hybridized carbons (Fsp3) is 0.167. The average molecular weight is 172 g/mol. The molecular formula is C12H12O. The van der Waals surface area contributed by atoms with Gasteiger partial charge in [-0.3, -0.25) is 0 Å². The Balaban J connectivity index is 2.50. The van der Waals surface area contributed by atoms with E-state index in [1.54, 1.807) is 6.07 Å². The van der Waals surface area contributed by atoms with Crippen LogP contribution in [0.1, 0.15) is 13.3 Å². The van der Waals surface area contributed by atoms with Crippen LogP contribution in [0.2, 0.25) is 0 Å². The van der Waals surface area contributed by atoms with Crippen LogP contribution in [0.3, 0.4) is 0 Å². The lowest BCUT2D eigenvalue weighted by molar-refractivity contribution is 0.447. The van der Waals surface area contributed by atoms with E-state index >= 15 is 0 Å². The Morgan fingerprint density at radius 2 is 2.54 bits per heavy atom. The highest BCUT2D eigenvalue weighted by molar-refractivity contribution is 5.20. The number of hydrogen-bond acceptors (Lipinski definition) is 1. The molecule has 0 aromatic heterocycles. The standard InChI is InChI=1S/C12H12O/c1-3-4-8-11(2)13-12-9-6-5-7-10-12/h4-6,8-9H,2-3H2,1H3/b8-4-. The van der Waals surface area contributed by atoms with Crippen LogP contribution in [0.15, 0.2) is 42.7 Å². The van der Waals surface area contributed by atoms with Gasteiger partial charge < -0.3 is 4.74 Å². The van der Waals surface area contributed by atoms with Crippen molar-refractivity contribution < 1.29 is 4.74 Å². The van der Waals surface area contributed by atoms with E-state index in [1.165, 1.54) is 0 Å². The summed E-state index contributed by atoms with van der Waals surface area (Å²) >= 11 is 0. The van der Waals surface area contributed by atoms with Crippen molar-refractivity contribution in [1.82, 2.24) is 0 Å². The van der Waals surface area contributed by atoms with Crippen LogP contribution in [0.5, 0.6) is 5.75 Å². The zero-order valence-corrected chi connectivity index (χ0v) is 7.71. The van der Waals surface area contributed by atoms with Crippen molar-refractivity contribution in [3.05, 3.63) is 54.8 Å². The van der Waals surface area contributed by atoms with Gasteiger partial charge in [-0.2, -0.15) is 0 Å². The molecule has 66 valence electrons. The van der Waals surface area contributed by atoms with E-state index in [-0.39, 0.29) is 0 Å². The van der Waals surface area contributed by atoms with Crippen molar-refractivity contribution in [2.45, 2.75) is 13.3 Å². The van der Waals surface area contributed by atoms with Crippen LogP contribution in [-0.4, -0.2) is 0 Å². The predicted molar refractivity (Wildman–Crippen MR) is 53.3 cm³/mol. The van der Waals surface area contributed by atoms with Gasteiger partial charge in [0.05, 0.1) is 0 Å². The second kappa shape index (κ2) is 5.05. The summed E-state index contributed by atoms with van der Waals surface area (Å²) in [5, 5.41) is 0. The molecule has 13 heavy (non-hydrogen) atoms. The summed E-state index contributed by atoms with van der Waals surface area (Å²) in [6, 6.07) is 11.1. The lowest BCUT2D eigenvalue weighted by atomic mass is 10.4. The fourth-order valence-electron chi connectivity index (χ4n) is 0.822. The fourth-order valence-corrected chi connectivity index (χ4v) is 0.822. The molecule has 0 bridgehead atoms. The van der Waals surface area contributed by atoms with Gasteiger partial charge in [0.2, 0.25) is 0 Å². The molecule has 0 N–H and O–H groups in total. The second-order valence-corrected chi connectivity index (χ2v) is 2.54. The Labute approximate surface area is 79.4 Å². The molecule has 1 rings (SSSR count). The molecule has 0 saturated carbocycles. The largest absolute Gasteiger partial charge is 0.449 e. The van der Waals surface area contributed by atoms with Crippen LogP contribution in [0.4, 0.5) is 0 Å². The van der Waals surface area contributed by atoms with Gasteiger partial charge in [0.1, 0.15) is 5.76 Å². The van der Waals surface area contributed by atoms with Crippen molar-refractivity contribution in [2.24, 2.45) is 0 Å². The highest BCUT2D eigenvalue weighted by atomic mass is 16.5. The normalized spacial score (nSPS) is 9.62. The predicted octanol–water partition coefficient (Wildman–Crippen LogP) is 3.15. The molecule has 0 unspecified atom stereocenters. The molecule has 0 fully saturated rings. The summed E-state index contributed by atoms with van der Waals surface area (Å²) in [4.78, 5) is 0. The van der Waals surface area contributed by atoms with Crippen molar-refractivity contribution in [3.63, 3.8) is 0 Å². The van der Waals surface area contributed by atoms with Crippen molar-refractivity contribution >= 4 is 0 Å². The van der Waals surface area contributed by atoms with Crippen molar-refractivity contribution in [3.8, 4) is 5.75 Å². The van der Waals surface area contributed by atoms with Gasteiger partial charge in [-0.1, -0.05) is 25.6 Å². The van der Waals surface area contributed by atoms with Crippen molar-refractivity contribution in [2.75, 3.05) is 0 Å². The number of rotatable bonds is 4. The number of allylic oxidation sites excluding steroid dienone is 2. The van der Waals surface area contributed by atoms with Gasteiger partial charge in [-0.05, 0) is 36.8 Å². The highest BCUT2D eigenvalue weighted by Crippen LogP contribution is 2.08. The summed E-state index contributed by atoms with van der Waals surface area (Å²) < 4.78 is 5.35. The highest BCUT2D eigenvalue weighted by Gasteiger charge is 1.90. The van der Waals surface area contributed by atoms with E-state index in [2.05, 4.69) is 25.6 Å². The summed E-state index contributed by atoms with van der Waals surface area (Å²) in [7, 11) is 0. The Morgan fingerprint density at radius 1 is 1.69 bits per heavy atom. The van der Waals surface area contributed by atoms with Crippen LogP contribution >= 0.6 is 0 Å². The van der Waals surface area contributed by atoms with Gasteiger partial charge in [0.15, 0.2) is 5.75 Å². The number of hydrogen-bond donors (Lipinski definition) is 0. The molecule has 0 aliphatic heterocycles. The SMILES string of the molecule is C=C(/C=C\CC)Oc1c#cccc1. The lowest BCUT2D eigenvalue weighted by Gasteiger charge is -2.00. The minimum absolute atomic E-state index is 0.623. The van der Waals surface area contributed by atoms with Gasteiger partial charge in [0, 0.05) is 0 Å². The van der Waals surface area contributed by atoms with E-state index in [1.807, 2.05) is 24.3 Å². The quantitative estimate of drug-likeness (QED) is 0.500. The third-order valence-electron chi connectivity index (χ3n) is 1.40. The van der Waals surface area contributed by atoms with Crippen molar-refractivity contribution in [1.29, 1.82) is 0 Å². The molecule has 1 heteroatoms. The summed E-state index contributed by atoms with van der Waals surface area (Å²) in [6.07, 6.45) is 4.82. The topological polar surface area (TPSA) is 9.23 Å². The Hall–Kier alpha value is -1.68. The first-order valence-electron chi connectivity index (χ1n) is 4.24. The van der Waals surface area contributed by atoms with E-state index in [0.29, 0.717) is 11.5 Å². The van der Waals surface area contributed by atoms with Crippen LogP contribution in [0, 0.1) is 12.1 Å². The summed E-state index contributed by atoms with van der Waals surface area (Å²) in [5.74, 6) is 1.27. The van der Waals surface area contributed by atoms with E-state index in [0.717, 1.165) is 6.42 Å². The average Bonchev–Trinajstić information content (AvgIpc) is 2.16. The molecule has 0 atom stereocenters. The molecule has 0 aliphatic carbocycles. The minimum atomic E-state index is 0.623. The van der Waals surface area contributed by atoms with E-state index in [9.17, 15) is 0 Å². The molecule has 1 aromatic carbocycles. The zero-order chi connectivity index (χ0) is 9.52. The van der Waals surface area contributed by atoms with Crippen LogP contribution in [-0.2, 0) is 0 Å². The Morgan fingerprint density at radius 3 is 3.15 bits per heavy atom. The molecule has 0 saturated heterocycles. The van der Waals surface area contributed by atoms with E-state index < -0.39 is 0 Å². The maximum absolute atomic E-state index is 5.35. The van der Waals surface area contributed by atoms with Gasteiger partial charge in [-0.15, -0.1) is 0 Å². The van der Waals surface area contributed by atoms with Crippen LogP contribution in [0.25, 0.3) is 0 Å². The first-order chi connectivity index (χ1) is 6.33. The molecule has 0 amide bonds. The van der Waals surface area contributed by atoms with E-state index in [4.69, 9.17) is 4.74 Å².